The molecule has 0 fully saturated rings. The van der Waals surface area contributed by atoms with E-state index < -0.39 is 0 Å². The molecule has 2 aromatic rings. The molecule has 1 amide bonds. The van der Waals surface area contributed by atoms with Gasteiger partial charge < -0.3 is 11.1 Å². The first-order valence-electron chi connectivity index (χ1n) is 5.84. The fourth-order valence-electron chi connectivity index (χ4n) is 1.54. The van der Waals surface area contributed by atoms with Crippen LogP contribution in [0.4, 0.5) is 11.4 Å². The molecule has 0 aromatic heterocycles. The maximum Gasteiger partial charge on any atom is 0.248 e. The summed E-state index contributed by atoms with van der Waals surface area (Å²) in [6.45, 7) is 0. The largest absolute Gasteiger partial charge is 0.399 e. The molecule has 0 aliphatic carbocycles. The van der Waals surface area contributed by atoms with E-state index in [1.54, 1.807) is 30.3 Å². The molecule has 0 saturated carbocycles. The molecule has 102 valence electrons. The van der Waals surface area contributed by atoms with Crippen LogP contribution in [0.3, 0.4) is 0 Å². The van der Waals surface area contributed by atoms with E-state index in [0.717, 1.165) is 10.0 Å². The predicted molar refractivity (Wildman–Crippen MR) is 87.7 cm³/mol. The first-order valence-corrected chi connectivity index (χ1v) is 7.01. The molecule has 0 unspecified atom stereocenters. The molecule has 0 radical (unpaired) electrons. The van der Waals surface area contributed by atoms with Crippen LogP contribution in [0.5, 0.6) is 0 Å². The van der Waals surface area contributed by atoms with Crippen molar-refractivity contribution in [1.29, 1.82) is 0 Å². The third-order valence-electron chi connectivity index (χ3n) is 2.55. The van der Waals surface area contributed by atoms with Crippen molar-refractivity contribution >= 4 is 50.9 Å². The van der Waals surface area contributed by atoms with Gasteiger partial charge in [0.05, 0.1) is 10.7 Å². The molecule has 5 heteroatoms. The number of anilines is 2. The van der Waals surface area contributed by atoms with Crippen LogP contribution >= 0.6 is 27.5 Å². The molecule has 2 aromatic carbocycles. The molecule has 0 aliphatic heterocycles. The first-order chi connectivity index (χ1) is 9.54. The zero-order valence-electron chi connectivity index (χ0n) is 10.4. The van der Waals surface area contributed by atoms with Crippen LogP contribution in [0.25, 0.3) is 6.08 Å². The van der Waals surface area contributed by atoms with E-state index in [1.807, 2.05) is 18.2 Å². The monoisotopic (exact) mass is 350 g/mol. The molecule has 0 atom stereocenters. The molecule has 0 bridgehead atoms. The Morgan fingerprint density at radius 1 is 1.20 bits per heavy atom. The van der Waals surface area contributed by atoms with Gasteiger partial charge in [-0.3, -0.25) is 4.79 Å². The third kappa shape index (κ3) is 4.11. The van der Waals surface area contributed by atoms with E-state index in [0.29, 0.717) is 16.4 Å². The minimum Gasteiger partial charge on any atom is -0.399 e. The summed E-state index contributed by atoms with van der Waals surface area (Å²) in [5.74, 6) is -0.244. The van der Waals surface area contributed by atoms with Gasteiger partial charge in [-0.2, -0.15) is 0 Å². The summed E-state index contributed by atoms with van der Waals surface area (Å²) in [7, 11) is 0. The van der Waals surface area contributed by atoms with Crippen LogP contribution in [-0.2, 0) is 4.79 Å². The summed E-state index contributed by atoms with van der Waals surface area (Å²) in [5.41, 5.74) is 7.75. The minimum absolute atomic E-state index is 0.244. The van der Waals surface area contributed by atoms with Gasteiger partial charge in [0.15, 0.2) is 0 Å². The maximum absolute atomic E-state index is 11.8. The second-order valence-electron chi connectivity index (χ2n) is 4.11. The Morgan fingerprint density at radius 2 is 1.90 bits per heavy atom. The van der Waals surface area contributed by atoms with Gasteiger partial charge in [0.25, 0.3) is 0 Å². The zero-order chi connectivity index (χ0) is 14.5. The van der Waals surface area contributed by atoms with Crippen LogP contribution in [0, 0.1) is 0 Å². The minimum atomic E-state index is -0.244. The van der Waals surface area contributed by atoms with Gasteiger partial charge in [0, 0.05) is 16.2 Å². The highest BCUT2D eigenvalue weighted by molar-refractivity contribution is 9.10. The topological polar surface area (TPSA) is 55.1 Å². The van der Waals surface area contributed by atoms with E-state index >= 15 is 0 Å². The molecule has 3 N–H and O–H groups in total. The number of nitrogen functional groups attached to an aromatic ring is 1. The lowest BCUT2D eigenvalue weighted by Crippen LogP contribution is -2.08. The van der Waals surface area contributed by atoms with Gasteiger partial charge in [-0.1, -0.05) is 39.7 Å². The average molecular weight is 352 g/mol. The lowest BCUT2D eigenvalue weighted by molar-refractivity contribution is -0.111. The molecular formula is C15H12BrClN2O. The van der Waals surface area contributed by atoms with Crippen molar-refractivity contribution < 1.29 is 4.79 Å². The Kier molecular flexibility index (Phi) is 4.82. The fraction of sp³-hybridized carbons (Fsp3) is 0. The Bertz CT molecular complexity index is 653. The number of amides is 1. The normalized spacial score (nSPS) is 10.7. The van der Waals surface area contributed by atoms with Crippen molar-refractivity contribution in [3.63, 3.8) is 0 Å². The zero-order valence-corrected chi connectivity index (χ0v) is 12.8. The first kappa shape index (κ1) is 14.6. The van der Waals surface area contributed by atoms with Crippen LogP contribution < -0.4 is 11.1 Å². The second kappa shape index (κ2) is 6.59. The average Bonchev–Trinajstić information content (AvgIpc) is 2.41. The van der Waals surface area contributed by atoms with E-state index in [2.05, 4.69) is 21.2 Å². The Hall–Kier alpha value is -1.78. The van der Waals surface area contributed by atoms with Gasteiger partial charge in [-0.25, -0.2) is 0 Å². The van der Waals surface area contributed by atoms with Crippen molar-refractivity contribution in [3.8, 4) is 0 Å². The van der Waals surface area contributed by atoms with Gasteiger partial charge in [0.1, 0.15) is 0 Å². The highest BCUT2D eigenvalue weighted by Crippen LogP contribution is 2.25. The van der Waals surface area contributed by atoms with Crippen LogP contribution in [-0.4, -0.2) is 5.91 Å². The standard InChI is InChI=1S/C15H12BrClN2O/c16-11-4-7-14(13(17)9-11)19-15(20)8-3-10-1-5-12(18)6-2-10/h1-9H,18H2,(H,19,20)/b8-3+. The predicted octanol–water partition coefficient (Wildman–Crippen LogP) is 4.34. The van der Waals surface area contributed by atoms with Crippen molar-refractivity contribution in [2.75, 3.05) is 11.1 Å². The van der Waals surface area contributed by atoms with Crippen LogP contribution in [0.15, 0.2) is 53.0 Å². The van der Waals surface area contributed by atoms with Crippen molar-refractivity contribution in [3.05, 3.63) is 63.6 Å². The van der Waals surface area contributed by atoms with E-state index in [-0.39, 0.29) is 5.91 Å². The van der Waals surface area contributed by atoms with Crippen molar-refractivity contribution in [1.82, 2.24) is 0 Å². The Labute approximate surface area is 130 Å². The number of nitrogens with two attached hydrogens (primary N) is 1. The molecule has 3 nitrogen and oxygen atoms in total. The summed E-state index contributed by atoms with van der Waals surface area (Å²) >= 11 is 9.33. The Morgan fingerprint density at radius 3 is 2.55 bits per heavy atom. The van der Waals surface area contributed by atoms with E-state index in [4.69, 9.17) is 17.3 Å². The SMILES string of the molecule is Nc1ccc(/C=C/C(=O)Nc2ccc(Br)cc2Cl)cc1. The smallest absolute Gasteiger partial charge is 0.248 e. The lowest BCUT2D eigenvalue weighted by Gasteiger charge is -2.05. The van der Waals surface area contributed by atoms with Crippen molar-refractivity contribution in [2.24, 2.45) is 0 Å². The number of benzene rings is 2. The van der Waals surface area contributed by atoms with Gasteiger partial charge >= 0.3 is 0 Å². The number of carbonyl (C=O) groups excluding carboxylic acids is 1. The summed E-state index contributed by atoms with van der Waals surface area (Å²) in [6.07, 6.45) is 3.16. The van der Waals surface area contributed by atoms with E-state index in [9.17, 15) is 4.79 Å². The Balaban J connectivity index is 2.03. The number of rotatable bonds is 3. The highest BCUT2D eigenvalue weighted by atomic mass is 79.9. The third-order valence-corrected chi connectivity index (χ3v) is 3.36. The highest BCUT2D eigenvalue weighted by Gasteiger charge is 2.03. The number of carbonyl (C=O) groups is 1. The van der Waals surface area contributed by atoms with Gasteiger partial charge in [0.2, 0.25) is 5.91 Å². The molecule has 2 rings (SSSR count). The quantitative estimate of drug-likeness (QED) is 0.638. The summed E-state index contributed by atoms with van der Waals surface area (Å²) in [6, 6.07) is 12.5. The van der Waals surface area contributed by atoms with E-state index in [1.165, 1.54) is 6.08 Å². The molecule has 0 aliphatic rings. The summed E-state index contributed by atoms with van der Waals surface area (Å²) < 4.78 is 0.859. The molecule has 20 heavy (non-hydrogen) atoms. The van der Waals surface area contributed by atoms with Crippen LogP contribution in [0.2, 0.25) is 5.02 Å². The van der Waals surface area contributed by atoms with Gasteiger partial charge in [-0.15, -0.1) is 0 Å². The molecular weight excluding hydrogens is 340 g/mol. The molecule has 0 heterocycles. The van der Waals surface area contributed by atoms with Gasteiger partial charge in [-0.05, 0) is 42.0 Å². The number of hydrogen-bond donors (Lipinski definition) is 2. The second-order valence-corrected chi connectivity index (χ2v) is 5.44. The van der Waals surface area contributed by atoms with Crippen LogP contribution in [0.1, 0.15) is 5.56 Å². The maximum atomic E-state index is 11.8. The lowest BCUT2D eigenvalue weighted by atomic mass is 10.2. The summed E-state index contributed by atoms with van der Waals surface area (Å²) in [5, 5.41) is 3.20. The molecule has 0 spiro atoms. The number of nitrogens with one attached hydrogen (secondary N) is 1. The fourth-order valence-corrected chi connectivity index (χ4v) is 2.26. The van der Waals surface area contributed by atoms with Crippen molar-refractivity contribution in [2.45, 2.75) is 0 Å². The number of halogens is 2. The number of hydrogen-bond acceptors (Lipinski definition) is 2. The summed E-state index contributed by atoms with van der Waals surface area (Å²) in [4.78, 5) is 11.8. The molecule has 0 saturated heterocycles.